The number of nitrogens with zero attached hydrogens (tertiary/aromatic N) is 1. The normalized spacial score (nSPS) is 45.6. The molecule has 0 aromatic rings. The zero-order chi connectivity index (χ0) is 22.7. The summed E-state index contributed by atoms with van der Waals surface area (Å²) in [5.74, 6) is 1.18. The minimum absolute atomic E-state index is 0.0230. The molecular weight excluding hydrogens is 410 g/mol. The molecule has 7 unspecified atom stereocenters. The van der Waals surface area contributed by atoms with Gasteiger partial charge in [0.25, 0.3) is 0 Å². The van der Waals surface area contributed by atoms with E-state index in [1.54, 1.807) is 26.2 Å². The molecule has 0 aromatic carbocycles. The predicted octanol–water partition coefficient (Wildman–Crippen LogP) is -1.87. The number of ether oxygens (including phenoxy) is 3. The van der Waals surface area contributed by atoms with Crippen molar-refractivity contribution in [1.29, 1.82) is 0 Å². The molecule has 4 rings (SSSR count). The van der Waals surface area contributed by atoms with Crippen LogP contribution < -0.4 is 21.0 Å². The maximum Gasteiger partial charge on any atom is 0.183 e. The van der Waals surface area contributed by atoms with Gasteiger partial charge in [0, 0.05) is 52.4 Å². The molecular formula is C23H47N5O4+2. The Morgan fingerprint density at radius 2 is 1.78 bits per heavy atom. The van der Waals surface area contributed by atoms with Gasteiger partial charge in [-0.3, -0.25) is 15.1 Å². The Balaban J connectivity index is 1.30. The van der Waals surface area contributed by atoms with Crippen LogP contribution in [0.15, 0.2) is 0 Å². The number of rotatable bonds is 8. The van der Waals surface area contributed by atoms with Gasteiger partial charge in [-0.15, -0.1) is 0 Å². The molecule has 3 aliphatic heterocycles. The molecule has 5 N–H and O–H groups in total. The second kappa shape index (κ2) is 11.4. The molecule has 0 bridgehead atoms. The van der Waals surface area contributed by atoms with E-state index in [0.29, 0.717) is 24.0 Å². The van der Waals surface area contributed by atoms with Crippen molar-refractivity contribution in [2.24, 2.45) is 11.8 Å². The predicted molar refractivity (Wildman–Crippen MR) is 121 cm³/mol. The summed E-state index contributed by atoms with van der Waals surface area (Å²) in [6.07, 6.45) is 8.22. The highest BCUT2D eigenvalue weighted by Crippen LogP contribution is 2.30. The lowest BCUT2D eigenvalue weighted by Gasteiger charge is -2.40. The summed E-state index contributed by atoms with van der Waals surface area (Å²) >= 11 is 0. The van der Waals surface area contributed by atoms with Crippen molar-refractivity contribution in [2.75, 3.05) is 55.1 Å². The number of nitrogens with two attached hydrogens (primary N) is 1. The molecule has 32 heavy (non-hydrogen) atoms. The number of likely N-dealkylation sites (tertiary alicyclic amines) is 1. The van der Waals surface area contributed by atoms with Crippen molar-refractivity contribution in [3.05, 3.63) is 0 Å². The second-order valence-electron chi connectivity index (χ2n) is 10.6. The van der Waals surface area contributed by atoms with Crippen LogP contribution in [0.1, 0.15) is 38.5 Å². The summed E-state index contributed by atoms with van der Waals surface area (Å²) in [7, 11) is 9.71. The number of hydroxylamine groups is 1. The number of nitrogens with one attached hydrogen (secondary N) is 3. The van der Waals surface area contributed by atoms with Crippen molar-refractivity contribution in [1.82, 2.24) is 15.7 Å². The molecule has 1 aliphatic carbocycles. The number of hydrogen-bond donors (Lipinski definition) is 4. The Kier molecular flexibility index (Phi) is 8.80. The Hall–Kier alpha value is -0.360. The number of piperidine rings is 1. The molecule has 8 atom stereocenters. The van der Waals surface area contributed by atoms with Crippen LogP contribution in [0, 0.1) is 11.8 Å². The third-order valence-electron chi connectivity index (χ3n) is 8.54. The quantitative estimate of drug-likeness (QED) is 0.340. The highest BCUT2D eigenvalue weighted by atomic mass is 16.7. The molecule has 0 radical (unpaired) electrons. The van der Waals surface area contributed by atoms with E-state index < -0.39 is 0 Å². The Bertz CT molecular complexity index is 563. The van der Waals surface area contributed by atoms with Crippen molar-refractivity contribution >= 4 is 0 Å². The third-order valence-corrected chi connectivity index (χ3v) is 8.54. The molecule has 3 saturated heterocycles. The lowest BCUT2D eigenvalue weighted by molar-refractivity contribution is -0.919. The fraction of sp³-hybridized carbons (Fsp3) is 1.00. The van der Waals surface area contributed by atoms with E-state index >= 15 is 0 Å². The number of hydrogen-bond acceptors (Lipinski definition) is 7. The summed E-state index contributed by atoms with van der Waals surface area (Å²) in [6, 6.07) is 0.497. The minimum atomic E-state index is 0.0230. The van der Waals surface area contributed by atoms with Crippen LogP contribution in [-0.4, -0.2) is 103 Å². The van der Waals surface area contributed by atoms with Gasteiger partial charge in [0.15, 0.2) is 6.23 Å². The summed E-state index contributed by atoms with van der Waals surface area (Å²) in [6.45, 7) is 3.51. The van der Waals surface area contributed by atoms with Crippen LogP contribution in [0.5, 0.6) is 0 Å². The van der Waals surface area contributed by atoms with Crippen molar-refractivity contribution < 1.29 is 29.3 Å². The van der Waals surface area contributed by atoms with Crippen LogP contribution in [0.4, 0.5) is 0 Å². The maximum atomic E-state index is 6.14. The largest absolute Gasteiger partial charge is 0.379 e. The van der Waals surface area contributed by atoms with Gasteiger partial charge >= 0.3 is 0 Å². The van der Waals surface area contributed by atoms with Crippen LogP contribution in [0.2, 0.25) is 0 Å². The van der Waals surface area contributed by atoms with E-state index in [0.717, 1.165) is 25.9 Å². The van der Waals surface area contributed by atoms with Gasteiger partial charge in [0.2, 0.25) is 0 Å². The van der Waals surface area contributed by atoms with Crippen LogP contribution in [0.25, 0.3) is 0 Å². The van der Waals surface area contributed by atoms with Gasteiger partial charge in [0.05, 0.1) is 38.0 Å². The Labute approximate surface area is 193 Å². The van der Waals surface area contributed by atoms with Crippen LogP contribution in [0.3, 0.4) is 0 Å². The molecule has 186 valence electrons. The summed E-state index contributed by atoms with van der Waals surface area (Å²) < 4.78 is 17.3. The molecule has 0 amide bonds. The standard InChI is InChI=1S/C23H45N5O4/c1-27(2)20-9-8-16(13-24-20)22-25-23(32-26-22)17-7-6-10-28(17)14-15-11-18(29-3)21(31-5)19(12-15)30-4/h15-26H,6-14H2,1-5H3/p+2/t15?,16?,17-,18?,19?,20?,21?,22?,23?/m1/s1. The van der Waals surface area contributed by atoms with Gasteiger partial charge in [-0.1, -0.05) is 0 Å². The second-order valence-corrected chi connectivity index (χ2v) is 10.6. The first-order valence-corrected chi connectivity index (χ1v) is 12.6. The van der Waals surface area contributed by atoms with Gasteiger partial charge in [0.1, 0.15) is 18.3 Å². The van der Waals surface area contributed by atoms with Crippen molar-refractivity contribution in [3.63, 3.8) is 0 Å². The van der Waals surface area contributed by atoms with Gasteiger partial charge in [-0.25, -0.2) is 0 Å². The average molecular weight is 458 g/mol. The molecule has 4 aliphatic rings. The smallest absolute Gasteiger partial charge is 0.183 e. The maximum absolute atomic E-state index is 6.14. The Morgan fingerprint density at radius 1 is 1.03 bits per heavy atom. The minimum Gasteiger partial charge on any atom is -0.379 e. The SMILES string of the molecule is COC1CC(C[NH+]2CCC[C@@H]2C2NC(C3CCC(N(C)C)[NH2+]C3)NO2)CC(OC)C1OC. The first-order chi connectivity index (χ1) is 15.5. The first kappa shape index (κ1) is 24.8. The van der Waals surface area contributed by atoms with E-state index in [4.69, 9.17) is 19.0 Å². The van der Waals surface area contributed by atoms with Gasteiger partial charge in [-0.05, 0) is 33.4 Å². The molecule has 3 heterocycles. The molecule has 1 saturated carbocycles. The van der Waals surface area contributed by atoms with E-state index in [9.17, 15) is 0 Å². The average Bonchev–Trinajstić information content (AvgIpc) is 3.48. The molecule has 0 spiro atoms. The van der Waals surface area contributed by atoms with E-state index in [1.807, 2.05) is 0 Å². The zero-order valence-corrected chi connectivity index (χ0v) is 20.7. The van der Waals surface area contributed by atoms with E-state index in [1.165, 1.54) is 32.2 Å². The zero-order valence-electron chi connectivity index (χ0n) is 20.7. The molecule has 4 fully saturated rings. The van der Waals surface area contributed by atoms with Crippen molar-refractivity contribution in [3.8, 4) is 0 Å². The lowest BCUT2D eigenvalue weighted by Crippen LogP contribution is -3.16. The molecule has 9 heteroatoms. The van der Waals surface area contributed by atoms with Crippen molar-refractivity contribution in [2.45, 2.75) is 81.4 Å². The lowest BCUT2D eigenvalue weighted by atomic mass is 9.82. The monoisotopic (exact) mass is 457 g/mol. The molecule has 0 aromatic heterocycles. The topological polar surface area (TPSA) is 85.3 Å². The van der Waals surface area contributed by atoms with Crippen LogP contribution in [-0.2, 0) is 19.0 Å². The number of quaternary nitrogens is 2. The van der Waals surface area contributed by atoms with E-state index in [2.05, 4.69) is 35.1 Å². The first-order valence-electron chi connectivity index (χ1n) is 12.6. The summed E-state index contributed by atoms with van der Waals surface area (Å²) in [5.41, 5.74) is 3.35. The Morgan fingerprint density at radius 3 is 2.38 bits per heavy atom. The fourth-order valence-corrected chi connectivity index (χ4v) is 6.67. The molecule has 9 nitrogen and oxygen atoms in total. The highest BCUT2D eigenvalue weighted by Gasteiger charge is 2.46. The summed E-state index contributed by atoms with van der Waals surface area (Å²) in [4.78, 5) is 10.1. The highest BCUT2D eigenvalue weighted by molar-refractivity contribution is 4.89. The van der Waals surface area contributed by atoms with Crippen LogP contribution >= 0.6 is 0 Å². The fourth-order valence-electron chi connectivity index (χ4n) is 6.67. The third kappa shape index (κ3) is 5.47. The van der Waals surface area contributed by atoms with Gasteiger partial charge < -0.3 is 24.4 Å². The number of methoxy groups -OCH3 is 3. The summed E-state index contributed by atoms with van der Waals surface area (Å²) in [5, 5.41) is 6.29. The van der Waals surface area contributed by atoms with Gasteiger partial charge in [-0.2, -0.15) is 5.48 Å². The van der Waals surface area contributed by atoms with E-state index in [-0.39, 0.29) is 30.7 Å².